The molecule has 94 valence electrons. The van der Waals surface area contributed by atoms with Gasteiger partial charge in [-0.3, -0.25) is 0 Å². The summed E-state index contributed by atoms with van der Waals surface area (Å²) in [6, 6.07) is 1.75. The summed E-state index contributed by atoms with van der Waals surface area (Å²) in [5.41, 5.74) is 5.74. The monoisotopic (exact) mass is 236 g/mol. The highest BCUT2D eigenvalue weighted by molar-refractivity contribution is 5.45. The van der Waals surface area contributed by atoms with Crippen molar-refractivity contribution in [1.29, 1.82) is 0 Å². The third-order valence-corrected chi connectivity index (χ3v) is 3.06. The second kappa shape index (κ2) is 4.87. The molecule has 1 aliphatic carbocycles. The first-order valence-corrected chi connectivity index (χ1v) is 6.11. The van der Waals surface area contributed by atoms with E-state index in [4.69, 9.17) is 5.73 Å². The van der Waals surface area contributed by atoms with E-state index in [0.717, 1.165) is 31.0 Å². The average Bonchev–Trinajstić information content (AvgIpc) is 2.22. The maximum Gasteiger partial charge on any atom is 0.135 e. The Labute approximate surface area is 101 Å². The van der Waals surface area contributed by atoms with Crippen LogP contribution in [0.1, 0.15) is 38.4 Å². The van der Waals surface area contributed by atoms with Crippen molar-refractivity contribution in [2.45, 2.75) is 38.7 Å². The molecule has 1 aliphatic rings. The van der Waals surface area contributed by atoms with Gasteiger partial charge in [-0.15, -0.1) is 0 Å². The number of aliphatic hydroxyl groups is 1. The van der Waals surface area contributed by atoms with E-state index in [-0.39, 0.29) is 12.0 Å². The Morgan fingerprint density at radius 2 is 2.18 bits per heavy atom. The molecule has 4 N–H and O–H groups in total. The molecule has 1 fully saturated rings. The van der Waals surface area contributed by atoms with E-state index in [0.29, 0.717) is 11.7 Å². The molecule has 0 spiro atoms. The van der Waals surface area contributed by atoms with Gasteiger partial charge in [0.15, 0.2) is 0 Å². The summed E-state index contributed by atoms with van der Waals surface area (Å²) < 4.78 is 0. The van der Waals surface area contributed by atoms with Crippen LogP contribution in [0.25, 0.3) is 0 Å². The molecule has 0 aliphatic heterocycles. The van der Waals surface area contributed by atoms with Crippen molar-refractivity contribution in [3.63, 3.8) is 0 Å². The van der Waals surface area contributed by atoms with Crippen LogP contribution in [0.2, 0.25) is 0 Å². The summed E-state index contributed by atoms with van der Waals surface area (Å²) in [6.07, 6.45) is 1.65. The Bertz CT molecular complexity index is 388. The fraction of sp³-hybridized carbons (Fsp3) is 0.667. The molecule has 0 unspecified atom stereocenters. The molecule has 1 aromatic rings. The van der Waals surface area contributed by atoms with E-state index < -0.39 is 0 Å². The van der Waals surface area contributed by atoms with Gasteiger partial charge in [0.25, 0.3) is 0 Å². The van der Waals surface area contributed by atoms with Gasteiger partial charge in [-0.1, -0.05) is 13.8 Å². The normalized spacial score (nSPS) is 23.5. The van der Waals surface area contributed by atoms with Crippen molar-refractivity contribution in [1.82, 2.24) is 9.97 Å². The van der Waals surface area contributed by atoms with Gasteiger partial charge < -0.3 is 16.2 Å². The lowest BCUT2D eigenvalue weighted by molar-refractivity contribution is 0.0486. The molecule has 0 bridgehead atoms. The summed E-state index contributed by atoms with van der Waals surface area (Å²) in [5, 5.41) is 12.5. The number of aromatic nitrogens is 2. The highest BCUT2D eigenvalue weighted by Gasteiger charge is 2.26. The second-order valence-electron chi connectivity index (χ2n) is 5.06. The standard InChI is InChI=1S/C12H20N4O/c1-7(2)12-15-10(13)5-11(16-12)14-6-8-3-9(17)4-8/h5,7-9,17H,3-4,6H2,1-2H3,(H3,13,14,15,16). The molecule has 1 aromatic heterocycles. The Morgan fingerprint density at radius 1 is 1.47 bits per heavy atom. The predicted molar refractivity (Wildman–Crippen MR) is 67.8 cm³/mol. The van der Waals surface area contributed by atoms with Gasteiger partial charge >= 0.3 is 0 Å². The van der Waals surface area contributed by atoms with Crippen molar-refractivity contribution < 1.29 is 5.11 Å². The van der Waals surface area contributed by atoms with Gasteiger partial charge in [0.05, 0.1) is 6.10 Å². The summed E-state index contributed by atoms with van der Waals surface area (Å²) in [6.45, 7) is 4.92. The first kappa shape index (κ1) is 12.1. The molecule has 5 nitrogen and oxygen atoms in total. The van der Waals surface area contributed by atoms with E-state index in [9.17, 15) is 5.11 Å². The predicted octanol–water partition coefficient (Wildman–Crippen LogP) is 1.36. The number of nitrogens with one attached hydrogen (secondary N) is 1. The maximum atomic E-state index is 9.20. The topological polar surface area (TPSA) is 84.1 Å². The average molecular weight is 236 g/mol. The van der Waals surface area contributed by atoms with Gasteiger partial charge in [-0.25, -0.2) is 9.97 Å². The van der Waals surface area contributed by atoms with Gasteiger partial charge in [0.1, 0.15) is 17.5 Å². The number of rotatable bonds is 4. The minimum atomic E-state index is -0.108. The van der Waals surface area contributed by atoms with E-state index in [1.165, 1.54) is 0 Å². The summed E-state index contributed by atoms with van der Waals surface area (Å²) in [4.78, 5) is 8.61. The molecule has 17 heavy (non-hydrogen) atoms. The van der Waals surface area contributed by atoms with Crippen LogP contribution in [0, 0.1) is 5.92 Å². The van der Waals surface area contributed by atoms with Crippen LogP contribution in [0.5, 0.6) is 0 Å². The molecule has 0 saturated heterocycles. The number of aliphatic hydroxyl groups excluding tert-OH is 1. The van der Waals surface area contributed by atoms with Crippen LogP contribution in [0.3, 0.4) is 0 Å². The van der Waals surface area contributed by atoms with Crippen molar-refractivity contribution in [2.24, 2.45) is 5.92 Å². The van der Waals surface area contributed by atoms with Crippen LogP contribution in [0.15, 0.2) is 6.07 Å². The number of hydrogen-bond donors (Lipinski definition) is 3. The van der Waals surface area contributed by atoms with Crippen LogP contribution in [-0.2, 0) is 0 Å². The van der Waals surface area contributed by atoms with Crippen LogP contribution in [0.4, 0.5) is 11.6 Å². The van der Waals surface area contributed by atoms with Crippen molar-refractivity contribution >= 4 is 11.6 Å². The first-order valence-electron chi connectivity index (χ1n) is 6.11. The second-order valence-corrected chi connectivity index (χ2v) is 5.06. The van der Waals surface area contributed by atoms with Gasteiger partial charge in [-0.2, -0.15) is 0 Å². The molecule has 0 radical (unpaired) electrons. The third-order valence-electron chi connectivity index (χ3n) is 3.06. The Morgan fingerprint density at radius 3 is 2.76 bits per heavy atom. The SMILES string of the molecule is CC(C)c1nc(N)cc(NCC2CC(O)C2)n1. The zero-order chi connectivity index (χ0) is 12.4. The van der Waals surface area contributed by atoms with Crippen LogP contribution < -0.4 is 11.1 Å². The lowest BCUT2D eigenvalue weighted by Crippen LogP contribution is -2.33. The number of nitrogen functional groups attached to an aromatic ring is 1. The largest absolute Gasteiger partial charge is 0.393 e. The zero-order valence-electron chi connectivity index (χ0n) is 10.3. The molecule has 0 amide bonds. The van der Waals surface area contributed by atoms with E-state index in [1.54, 1.807) is 6.07 Å². The third kappa shape index (κ3) is 3.06. The number of hydrogen-bond acceptors (Lipinski definition) is 5. The number of anilines is 2. The molecular formula is C12H20N4O. The van der Waals surface area contributed by atoms with Crippen LogP contribution in [-0.4, -0.2) is 27.7 Å². The Balaban J connectivity index is 1.95. The van der Waals surface area contributed by atoms with Crippen LogP contribution >= 0.6 is 0 Å². The smallest absolute Gasteiger partial charge is 0.135 e. The molecule has 0 aromatic carbocycles. The van der Waals surface area contributed by atoms with Gasteiger partial charge in [0.2, 0.25) is 0 Å². The molecule has 1 heterocycles. The minimum absolute atomic E-state index is 0.108. The molecule has 2 rings (SSSR count). The summed E-state index contributed by atoms with van der Waals surface area (Å²) in [7, 11) is 0. The molecular weight excluding hydrogens is 216 g/mol. The number of nitrogens with zero attached hydrogens (tertiary/aromatic N) is 2. The Kier molecular flexibility index (Phi) is 3.47. The van der Waals surface area contributed by atoms with E-state index in [2.05, 4.69) is 15.3 Å². The lowest BCUT2D eigenvalue weighted by atomic mass is 9.82. The highest BCUT2D eigenvalue weighted by atomic mass is 16.3. The maximum absolute atomic E-state index is 9.20. The Hall–Kier alpha value is -1.36. The van der Waals surface area contributed by atoms with Crippen molar-refractivity contribution in [3.8, 4) is 0 Å². The first-order chi connectivity index (χ1) is 8.04. The summed E-state index contributed by atoms with van der Waals surface area (Å²) >= 11 is 0. The quantitative estimate of drug-likeness (QED) is 0.735. The minimum Gasteiger partial charge on any atom is -0.393 e. The molecule has 1 saturated carbocycles. The molecule has 0 atom stereocenters. The number of nitrogens with two attached hydrogens (primary N) is 1. The van der Waals surface area contributed by atoms with Gasteiger partial charge in [0, 0.05) is 18.5 Å². The lowest BCUT2D eigenvalue weighted by Gasteiger charge is -2.31. The summed E-state index contributed by atoms with van der Waals surface area (Å²) in [5.74, 6) is 2.86. The van der Waals surface area contributed by atoms with Crippen molar-refractivity contribution in [2.75, 3.05) is 17.6 Å². The van der Waals surface area contributed by atoms with Gasteiger partial charge in [-0.05, 0) is 18.8 Å². The fourth-order valence-electron chi connectivity index (χ4n) is 1.95. The van der Waals surface area contributed by atoms with E-state index >= 15 is 0 Å². The van der Waals surface area contributed by atoms with Crippen molar-refractivity contribution in [3.05, 3.63) is 11.9 Å². The van der Waals surface area contributed by atoms with E-state index in [1.807, 2.05) is 13.8 Å². The zero-order valence-corrected chi connectivity index (χ0v) is 10.3. The fourth-order valence-corrected chi connectivity index (χ4v) is 1.95. The highest BCUT2D eigenvalue weighted by Crippen LogP contribution is 2.27. The molecule has 5 heteroatoms.